The highest BCUT2D eigenvalue weighted by Crippen LogP contribution is 2.10. The van der Waals surface area contributed by atoms with Gasteiger partial charge >= 0.3 is 0 Å². The molecule has 0 spiro atoms. The smallest absolute Gasteiger partial charge is 0.251 e. The Labute approximate surface area is 130 Å². The molecule has 6 nitrogen and oxygen atoms in total. The summed E-state index contributed by atoms with van der Waals surface area (Å²) >= 11 is 0. The number of nitrogens with one attached hydrogen (secondary N) is 3. The van der Waals surface area contributed by atoms with Gasteiger partial charge in [0.05, 0.1) is 13.2 Å². The number of halogens is 1. The van der Waals surface area contributed by atoms with E-state index in [2.05, 4.69) is 16.0 Å². The number of anilines is 1. The SMILES string of the molecule is CCNC(=O)c1ccc(NC(=O)C2COCCN2)cc1.Cl. The van der Waals surface area contributed by atoms with Gasteiger partial charge in [-0.2, -0.15) is 0 Å². The predicted molar refractivity (Wildman–Crippen MR) is 82.9 cm³/mol. The van der Waals surface area contributed by atoms with E-state index in [9.17, 15) is 9.59 Å². The van der Waals surface area contributed by atoms with Crippen molar-refractivity contribution in [2.24, 2.45) is 0 Å². The molecule has 1 fully saturated rings. The molecule has 1 aliphatic heterocycles. The van der Waals surface area contributed by atoms with Crippen LogP contribution in [0, 0.1) is 0 Å². The molecule has 21 heavy (non-hydrogen) atoms. The average molecular weight is 314 g/mol. The minimum atomic E-state index is -0.327. The Morgan fingerprint density at radius 3 is 2.62 bits per heavy atom. The first-order valence-electron chi connectivity index (χ1n) is 6.71. The Hall–Kier alpha value is -1.63. The van der Waals surface area contributed by atoms with E-state index in [4.69, 9.17) is 4.74 Å². The van der Waals surface area contributed by atoms with Gasteiger partial charge in [0.25, 0.3) is 5.91 Å². The lowest BCUT2D eigenvalue weighted by molar-refractivity contribution is -0.120. The number of hydrogen-bond acceptors (Lipinski definition) is 4. The largest absolute Gasteiger partial charge is 0.378 e. The number of ether oxygens (including phenoxy) is 1. The number of benzene rings is 1. The maximum Gasteiger partial charge on any atom is 0.251 e. The molecule has 2 amide bonds. The van der Waals surface area contributed by atoms with Crippen LogP contribution in [-0.4, -0.2) is 44.2 Å². The fourth-order valence-corrected chi connectivity index (χ4v) is 1.93. The molecule has 1 aromatic rings. The summed E-state index contributed by atoms with van der Waals surface area (Å²) in [5, 5.41) is 8.60. The van der Waals surface area contributed by atoms with Gasteiger partial charge in [0.2, 0.25) is 5.91 Å². The third kappa shape index (κ3) is 5.00. The Balaban J connectivity index is 0.00000220. The second-order valence-electron chi connectivity index (χ2n) is 4.51. The minimum absolute atomic E-state index is 0. The lowest BCUT2D eigenvalue weighted by atomic mass is 10.2. The first kappa shape index (κ1) is 17.4. The van der Waals surface area contributed by atoms with Crippen molar-refractivity contribution in [3.05, 3.63) is 29.8 Å². The number of morpholine rings is 1. The molecular weight excluding hydrogens is 294 g/mol. The summed E-state index contributed by atoms with van der Waals surface area (Å²) in [6.07, 6.45) is 0. The van der Waals surface area contributed by atoms with Crippen LogP contribution < -0.4 is 16.0 Å². The topological polar surface area (TPSA) is 79.5 Å². The zero-order valence-electron chi connectivity index (χ0n) is 11.8. The Kier molecular flexibility index (Phi) is 7.14. The molecule has 116 valence electrons. The molecule has 1 aromatic carbocycles. The molecule has 7 heteroatoms. The third-order valence-corrected chi connectivity index (χ3v) is 2.99. The van der Waals surface area contributed by atoms with Gasteiger partial charge in [-0.25, -0.2) is 0 Å². The highest BCUT2D eigenvalue weighted by Gasteiger charge is 2.21. The summed E-state index contributed by atoms with van der Waals surface area (Å²) in [5.41, 5.74) is 1.24. The summed E-state index contributed by atoms with van der Waals surface area (Å²) in [4.78, 5) is 23.6. The van der Waals surface area contributed by atoms with Crippen LogP contribution in [-0.2, 0) is 9.53 Å². The lowest BCUT2D eigenvalue weighted by Gasteiger charge is -2.22. The molecule has 3 N–H and O–H groups in total. The van der Waals surface area contributed by atoms with Gasteiger partial charge < -0.3 is 20.7 Å². The Morgan fingerprint density at radius 1 is 1.33 bits per heavy atom. The first-order valence-corrected chi connectivity index (χ1v) is 6.71. The second-order valence-corrected chi connectivity index (χ2v) is 4.51. The highest BCUT2D eigenvalue weighted by atomic mass is 35.5. The Morgan fingerprint density at radius 2 is 2.05 bits per heavy atom. The van der Waals surface area contributed by atoms with Gasteiger partial charge in [-0.15, -0.1) is 12.4 Å². The van der Waals surface area contributed by atoms with E-state index in [1.165, 1.54) is 0 Å². The van der Waals surface area contributed by atoms with Crippen molar-refractivity contribution in [3.63, 3.8) is 0 Å². The van der Waals surface area contributed by atoms with Crippen LogP contribution in [0.5, 0.6) is 0 Å². The van der Waals surface area contributed by atoms with E-state index in [0.717, 1.165) is 0 Å². The van der Waals surface area contributed by atoms with Crippen molar-refractivity contribution >= 4 is 29.9 Å². The fourth-order valence-electron chi connectivity index (χ4n) is 1.93. The normalized spacial score (nSPS) is 17.5. The number of rotatable bonds is 4. The number of carbonyl (C=O) groups excluding carboxylic acids is 2. The van der Waals surface area contributed by atoms with E-state index in [0.29, 0.717) is 37.6 Å². The average Bonchev–Trinajstić information content (AvgIpc) is 2.49. The maximum atomic E-state index is 12.0. The molecule has 1 unspecified atom stereocenters. The monoisotopic (exact) mass is 313 g/mol. The van der Waals surface area contributed by atoms with Crippen LogP contribution in [0.3, 0.4) is 0 Å². The van der Waals surface area contributed by atoms with Crippen LogP contribution in [0.2, 0.25) is 0 Å². The second kappa shape index (κ2) is 8.61. The van der Waals surface area contributed by atoms with Crippen molar-refractivity contribution in [2.45, 2.75) is 13.0 Å². The summed E-state index contributed by atoms with van der Waals surface area (Å²) in [6, 6.07) is 6.47. The van der Waals surface area contributed by atoms with E-state index in [-0.39, 0.29) is 30.3 Å². The quantitative estimate of drug-likeness (QED) is 0.767. The summed E-state index contributed by atoms with van der Waals surface area (Å²) in [7, 11) is 0. The van der Waals surface area contributed by atoms with Crippen molar-refractivity contribution in [1.82, 2.24) is 10.6 Å². The lowest BCUT2D eigenvalue weighted by Crippen LogP contribution is -2.48. The molecule has 2 rings (SSSR count). The van der Waals surface area contributed by atoms with Gasteiger partial charge in [-0.05, 0) is 31.2 Å². The van der Waals surface area contributed by atoms with Crippen molar-refractivity contribution < 1.29 is 14.3 Å². The summed E-state index contributed by atoms with van der Waals surface area (Å²) < 4.78 is 5.24. The van der Waals surface area contributed by atoms with Crippen LogP contribution in [0.25, 0.3) is 0 Å². The summed E-state index contributed by atoms with van der Waals surface area (Å²) in [5.74, 6) is -0.247. The number of hydrogen-bond donors (Lipinski definition) is 3. The van der Waals surface area contributed by atoms with Gasteiger partial charge in [0.1, 0.15) is 6.04 Å². The predicted octanol–water partition coefficient (Wildman–Crippen LogP) is 0.785. The zero-order valence-corrected chi connectivity index (χ0v) is 12.7. The van der Waals surface area contributed by atoms with E-state index in [1.54, 1.807) is 24.3 Å². The van der Waals surface area contributed by atoms with Gasteiger partial charge in [-0.3, -0.25) is 9.59 Å². The molecule has 1 saturated heterocycles. The van der Waals surface area contributed by atoms with Crippen LogP contribution >= 0.6 is 12.4 Å². The van der Waals surface area contributed by atoms with Crippen LogP contribution in [0.15, 0.2) is 24.3 Å². The molecule has 1 atom stereocenters. The highest BCUT2D eigenvalue weighted by molar-refractivity contribution is 5.97. The van der Waals surface area contributed by atoms with E-state index in [1.807, 2.05) is 6.92 Å². The van der Waals surface area contributed by atoms with Crippen LogP contribution in [0.1, 0.15) is 17.3 Å². The first-order chi connectivity index (χ1) is 9.70. The summed E-state index contributed by atoms with van der Waals surface area (Å²) in [6.45, 7) is 4.14. The van der Waals surface area contributed by atoms with E-state index >= 15 is 0 Å². The number of amides is 2. The third-order valence-electron chi connectivity index (χ3n) is 2.99. The molecule has 0 bridgehead atoms. The molecule has 1 aliphatic rings. The van der Waals surface area contributed by atoms with Gasteiger partial charge in [0, 0.05) is 24.3 Å². The standard InChI is InChI=1S/C14H19N3O3.ClH/c1-2-15-13(18)10-3-5-11(6-4-10)17-14(19)12-9-20-8-7-16-12;/h3-6,12,16H,2,7-9H2,1H3,(H,15,18)(H,17,19);1H. The molecular formula is C14H20ClN3O3. The molecule has 0 saturated carbocycles. The van der Waals surface area contributed by atoms with Crippen molar-refractivity contribution in [2.75, 3.05) is 31.6 Å². The van der Waals surface area contributed by atoms with Gasteiger partial charge in [-0.1, -0.05) is 0 Å². The molecule has 0 aromatic heterocycles. The minimum Gasteiger partial charge on any atom is -0.378 e. The van der Waals surface area contributed by atoms with Crippen molar-refractivity contribution in [3.8, 4) is 0 Å². The zero-order chi connectivity index (χ0) is 14.4. The molecule has 0 radical (unpaired) electrons. The fraction of sp³-hybridized carbons (Fsp3) is 0.429. The Bertz CT molecular complexity index is 473. The van der Waals surface area contributed by atoms with E-state index < -0.39 is 0 Å². The molecule has 0 aliphatic carbocycles. The van der Waals surface area contributed by atoms with Gasteiger partial charge in [0.15, 0.2) is 0 Å². The molecule has 1 heterocycles. The van der Waals surface area contributed by atoms with Crippen molar-refractivity contribution in [1.29, 1.82) is 0 Å². The van der Waals surface area contributed by atoms with Crippen LogP contribution in [0.4, 0.5) is 5.69 Å². The maximum absolute atomic E-state index is 12.0. The number of carbonyl (C=O) groups is 2.